The van der Waals surface area contributed by atoms with Crippen molar-refractivity contribution in [1.29, 1.82) is 0 Å². The van der Waals surface area contributed by atoms with Crippen molar-refractivity contribution in [2.45, 2.75) is 11.3 Å². The molecule has 34 heavy (non-hydrogen) atoms. The fourth-order valence-corrected chi connectivity index (χ4v) is 4.46. The van der Waals surface area contributed by atoms with Crippen LogP contribution in [-0.2, 0) is 21.2 Å². The topological polar surface area (TPSA) is 112 Å². The van der Waals surface area contributed by atoms with Gasteiger partial charge in [0.15, 0.2) is 0 Å². The summed E-state index contributed by atoms with van der Waals surface area (Å²) in [5.41, 5.74) is 1.31. The number of amides is 1. The standard InChI is InChI=1S/C24H26N2O7S/c1-30-19-10-6-17(7-11-19)26-34(28,29)23-14-18(8-12-21(23)32-3)25-24(27)13-16-5-9-20(31-2)15-22(16)33-4/h5-12,14-15,26H,13H2,1-4H3,(H,25,27). The molecule has 0 fully saturated rings. The molecular formula is C24H26N2O7S. The Hall–Kier alpha value is -3.92. The zero-order valence-electron chi connectivity index (χ0n) is 19.2. The SMILES string of the molecule is COc1ccc(NS(=O)(=O)c2cc(NC(=O)Cc3ccc(OC)cc3OC)ccc2OC)cc1. The third-order valence-electron chi connectivity index (χ3n) is 4.92. The molecule has 3 aromatic rings. The summed E-state index contributed by atoms with van der Waals surface area (Å²) in [6.45, 7) is 0. The smallest absolute Gasteiger partial charge is 0.265 e. The fraction of sp³-hybridized carbons (Fsp3) is 0.208. The molecule has 0 bridgehead atoms. The van der Waals surface area contributed by atoms with Crippen molar-refractivity contribution < 1.29 is 32.2 Å². The van der Waals surface area contributed by atoms with Crippen LogP contribution in [0.15, 0.2) is 65.6 Å². The van der Waals surface area contributed by atoms with Crippen molar-refractivity contribution in [1.82, 2.24) is 0 Å². The van der Waals surface area contributed by atoms with Crippen molar-refractivity contribution in [2.24, 2.45) is 0 Å². The van der Waals surface area contributed by atoms with Gasteiger partial charge in [-0.25, -0.2) is 8.42 Å². The molecule has 0 heterocycles. The lowest BCUT2D eigenvalue weighted by Crippen LogP contribution is -2.17. The molecule has 0 saturated carbocycles. The van der Waals surface area contributed by atoms with Gasteiger partial charge < -0.3 is 24.3 Å². The first-order valence-corrected chi connectivity index (χ1v) is 11.6. The second-order valence-electron chi connectivity index (χ2n) is 7.10. The summed E-state index contributed by atoms with van der Waals surface area (Å²) in [5.74, 6) is 1.50. The Balaban J connectivity index is 1.81. The van der Waals surface area contributed by atoms with Crippen molar-refractivity contribution in [3.8, 4) is 23.0 Å². The monoisotopic (exact) mass is 486 g/mol. The van der Waals surface area contributed by atoms with Crippen LogP contribution in [0.25, 0.3) is 0 Å². The van der Waals surface area contributed by atoms with Gasteiger partial charge in [-0.15, -0.1) is 0 Å². The molecule has 0 saturated heterocycles. The number of anilines is 2. The summed E-state index contributed by atoms with van der Waals surface area (Å²) in [4.78, 5) is 12.5. The highest BCUT2D eigenvalue weighted by Gasteiger charge is 2.21. The van der Waals surface area contributed by atoms with Crippen molar-refractivity contribution >= 4 is 27.3 Å². The van der Waals surface area contributed by atoms with Gasteiger partial charge in [0.25, 0.3) is 10.0 Å². The van der Waals surface area contributed by atoms with Gasteiger partial charge in [0.2, 0.25) is 5.91 Å². The summed E-state index contributed by atoms with van der Waals surface area (Å²) in [7, 11) is 1.93. The maximum atomic E-state index is 13.0. The molecule has 3 aromatic carbocycles. The van der Waals surface area contributed by atoms with Crippen molar-refractivity contribution in [3.63, 3.8) is 0 Å². The van der Waals surface area contributed by atoms with Crippen LogP contribution in [0.2, 0.25) is 0 Å². The molecule has 2 N–H and O–H groups in total. The predicted octanol–water partition coefficient (Wildman–Crippen LogP) is 3.70. The molecule has 0 aromatic heterocycles. The van der Waals surface area contributed by atoms with Gasteiger partial charge in [-0.05, 0) is 48.5 Å². The van der Waals surface area contributed by atoms with Gasteiger partial charge in [0, 0.05) is 23.0 Å². The molecular weight excluding hydrogens is 460 g/mol. The third kappa shape index (κ3) is 5.90. The van der Waals surface area contributed by atoms with E-state index in [1.165, 1.54) is 33.5 Å². The zero-order valence-corrected chi connectivity index (χ0v) is 20.1. The van der Waals surface area contributed by atoms with Crippen LogP contribution in [0.4, 0.5) is 11.4 Å². The Morgan fingerprint density at radius 2 is 1.35 bits per heavy atom. The van der Waals surface area contributed by atoms with Gasteiger partial charge in [0.1, 0.15) is 27.9 Å². The first kappa shape index (κ1) is 24.7. The van der Waals surface area contributed by atoms with Crippen molar-refractivity contribution in [2.75, 3.05) is 38.5 Å². The Kier molecular flexibility index (Phi) is 7.85. The largest absolute Gasteiger partial charge is 0.497 e. The Morgan fingerprint density at radius 3 is 1.97 bits per heavy atom. The number of hydrogen-bond donors (Lipinski definition) is 2. The van der Waals surface area contributed by atoms with Gasteiger partial charge >= 0.3 is 0 Å². The second-order valence-corrected chi connectivity index (χ2v) is 8.75. The van der Waals surface area contributed by atoms with E-state index in [2.05, 4.69) is 10.0 Å². The maximum absolute atomic E-state index is 13.0. The Bertz CT molecular complexity index is 1260. The van der Waals surface area contributed by atoms with E-state index < -0.39 is 10.0 Å². The molecule has 0 aliphatic rings. The fourth-order valence-electron chi connectivity index (χ4n) is 3.21. The minimum Gasteiger partial charge on any atom is -0.497 e. The van der Waals surface area contributed by atoms with Gasteiger partial charge in [-0.2, -0.15) is 0 Å². The summed E-state index contributed by atoms with van der Waals surface area (Å²) >= 11 is 0. The number of carbonyl (C=O) groups excluding carboxylic acids is 1. The molecule has 1 amide bonds. The van der Waals surface area contributed by atoms with E-state index in [9.17, 15) is 13.2 Å². The molecule has 0 aliphatic heterocycles. The number of ether oxygens (including phenoxy) is 4. The summed E-state index contributed by atoms with van der Waals surface area (Å²) < 4.78 is 49.4. The van der Waals surface area contributed by atoms with E-state index in [1.807, 2.05) is 0 Å². The van der Waals surface area contributed by atoms with Crippen LogP contribution in [0.1, 0.15) is 5.56 Å². The van der Waals surface area contributed by atoms with E-state index >= 15 is 0 Å². The lowest BCUT2D eigenvalue weighted by molar-refractivity contribution is -0.115. The predicted molar refractivity (Wildman–Crippen MR) is 129 cm³/mol. The van der Waals surface area contributed by atoms with Crippen LogP contribution in [0, 0.1) is 0 Å². The van der Waals surface area contributed by atoms with Crippen LogP contribution in [-0.4, -0.2) is 42.8 Å². The molecule has 0 atom stereocenters. The van der Waals surface area contributed by atoms with E-state index in [1.54, 1.807) is 55.6 Å². The van der Waals surface area contributed by atoms with E-state index in [-0.39, 0.29) is 23.0 Å². The number of rotatable bonds is 10. The average Bonchev–Trinajstić information content (AvgIpc) is 2.84. The Labute approximate surface area is 198 Å². The molecule has 9 nitrogen and oxygen atoms in total. The van der Waals surface area contributed by atoms with Crippen LogP contribution in [0.3, 0.4) is 0 Å². The number of benzene rings is 3. The number of methoxy groups -OCH3 is 4. The molecule has 0 radical (unpaired) electrons. The van der Waals surface area contributed by atoms with Crippen LogP contribution < -0.4 is 29.0 Å². The summed E-state index contributed by atoms with van der Waals surface area (Å²) in [6, 6.07) is 16.0. The molecule has 3 rings (SSSR count). The lowest BCUT2D eigenvalue weighted by atomic mass is 10.1. The van der Waals surface area contributed by atoms with E-state index in [0.29, 0.717) is 34.2 Å². The Morgan fingerprint density at radius 1 is 0.735 bits per heavy atom. The highest BCUT2D eigenvalue weighted by atomic mass is 32.2. The van der Waals surface area contributed by atoms with Crippen LogP contribution in [0.5, 0.6) is 23.0 Å². The number of sulfonamides is 1. The molecule has 10 heteroatoms. The minimum atomic E-state index is -4.01. The lowest BCUT2D eigenvalue weighted by Gasteiger charge is -2.14. The molecule has 0 spiro atoms. The molecule has 180 valence electrons. The van der Waals surface area contributed by atoms with Gasteiger partial charge in [-0.3, -0.25) is 9.52 Å². The highest BCUT2D eigenvalue weighted by Crippen LogP contribution is 2.30. The zero-order chi connectivity index (χ0) is 24.7. The third-order valence-corrected chi connectivity index (χ3v) is 6.33. The second kappa shape index (κ2) is 10.8. The average molecular weight is 487 g/mol. The summed E-state index contributed by atoms with van der Waals surface area (Å²) in [5, 5.41) is 2.72. The first-order chi connectivity index (χ1) is 16.3. The van der Waals surface area contributed by atoms with Gasteiger partial charge in [-0.1, -0.05) is 6.07 Å². The number of carbonyl (C=O) groups is 1. The minimum absolute atomic E-state index is 0.0192. The normalized spacial score (nSPS) is 10.8. The molecule has 0 aliphatic carbocycles. The van der Waals surface area contributed by atoms with E-state index in [4.69, 9.17) is 18.9 Å². The van der Waals surface area contributed by atoms with Gasteiger partial charge in [0.05, 0.1) is 34.9 Å². The molecule has 0 unspecified atom stereocenters. The van der Waals surface area contributed by atoms with Crippen molar-refractivity contribution in [3.05, 3.63) is 66.2 Å². The highest BCUT2D eigenvalue weighted by molar-refractivity contribution is 7.92. The first-order valence-electron chi connectivity index (χ1n) is 10.1. The number of hydrogen-bond acceptors (Lipinski definition) is 7. The summed E-state index contributed by atoms with van der Waals surface area (Å²) in [6.07, 6.45) is 0.0192. The quantitative estimate of drug-likeness (QED) is 0.449. The maximum Gasteiger partial charge on any atom is 0.265 e. The van der Waals surface area contributed by atoms with Crippen LogP contribution >= 0.6 is 0 Å². The van der Waals surface area contributed by atoms with E-state index in [0.717, 1.165) is 0 Å². The number of nitrogens with one attached hydrogen (secondary N) is 2.